The highest BCUT2D eigenvalue weighted by molar-refractivity contribution is 6.35. The van der Waals surface area contributed by atoms with Crippen molar-refractivity contribution in [3.05, 3.63) is 65.1 Å². The lowest BCUT2D eigenvalue weighted by Crippen LogP contribution is -2.40. The molecule has 5 nitrogen and oxygen atoms in total. The van der Waals surface area contributed by atoms with Gasteiger partial charge in [0.1, 0.15) is 5.69 Å². The molecule has 25 heavy (non-hydrogen) atoms. The molecule has 2 aromatic heterocycles. The van der Waals surface area contributed by atoms with E-state index in [0.717, 1.165) is 17.3 Å². The number of aromatic nitrogens is 2. The maximum atomic E-state index is 12.6. The maximum absolute atomic E-state index is 12.6. The number of hydrogen-bond acceptors (Lipinski definition) is 3. The second-order valence-corrected chi connectivity index (χ2v) is 6.73. The van der Waals surface area contributed by atoms with E-state index >= 15 is 0 Å². The van der Waals surface area contributed by atoms with Crippen LogP contribution in [0.2, 0.25) is 5.02 Å². The van der Waals surface area contributed by atoms with E-state index in [2.05, 4.69) is 15.3 Å². The van der Waals surface area contributed by atoms with Crippen LogP contribution in [0.4, 0.5) is 0 Å². The minimum absolute atomic E-state index is 0.0115. The zero-order valence-electron chi connectivity index (χ0n) is 13.5. The van der Waals surface area contributed by atoms with Gasteiger partial charge in [0.05, 0.1) is 19.3 Å². The summed E-state index contributed by atoms with van der Waals surface area (Å²) in [6.07, 6.45) is 4.42. The van der Waals surface area contributed by atoms with Gasteiger partial charge in [0, 0.05) is 34.2 Å². The van der Waals surface area contributed by atoms with Gasteiger partial charge in [0.15, 0.2) is 0 Å². The third kappa shape index (κ3) is 3.38. The van der Waals surface area contributed by atoms with Crippen LogP contribution in [0.3, 0.4) is 0 Å². The summed E-state index contributed by atoms with van der Waals surface area (Å²) >= 11 is 6.18. The molecule has 2 atom stereocenters. The van der Waals surface area contributed by atoms with Crippen molar-refractivity contribution in [1.29, 1.82) is 0 Å². The van der Waals surface area contributed by atoms with Crippen molar-refractivity contribution in [1.82, 2.24) is 15.3 Å². The number of nitrogens with one attached hydrogen (secondary N) is 2. The Morgan fingerprint density at radius 3 is 2.92 bits per heavy atom. The number of rotatable bonds is 4. The molecule has 0 spiro atoms. The molecule has 3 heterocycles. The third-order valence-corrected chi connectivity index (χ3v) is 4.95. The number of carbonyl (C=O) groups is 1. The average Bonchev–Trinajstić information content (AvgIpc) is 3.24. The number of hydrogen-bond donors (Lipinski definition) is 2. The fourth-order valence-electron chi connectivity index (χ4n) is 3.27. The molecule has 0 aliphatic carbocycles. The quantitative estimate of drug-likeness (QED) is 0.755. The van der Waals surface area contributed by atoms with E-state index in [-0.39, 0.29) is 17.9 Å². The van der Waals surface area contributed by atoms with Crippen LogP contribution in [-0.2, 0) is 11.2 Å². The second kappa shape index (κ2) is 6.86. The summed E-state index contributed by atoms with van der Waals surface area (Å²) in [6, 6.07) is 11.4. The van der Waals surface area contributed by atoms with E-state index in [9.17, 15) is 4.79 Å². The Bertz CT molecular complexity index is 894. The van der Waals surface area contributed by atoms with Crippen molar-refractivity contribution < 1.29 is 9.53 Å². The molecule has 1 fully saturated rings. The maximum Gasteiger partial charge on any atom is 0.268 e. The number of halogens is 1. The monoisotopic (exact) mass is 355 g/mol. The van der Waals surface area contributed by atoms with Gasteiger partial charge in [-0.3, -0.25) is 9.78 Å². The molecule has 1 aliphatic heterocycles. The summed E-state index contributed by atoms with van der Waals surface area (Å²) < 4.78 is 5.60. The van der Waals surface area contributed by atoms with Crippen LogP contribution >= 0.6 is 11.6 Å². The molecular weight excluding hydrogens is 338 g/mol. The molecule has 0 bridgehead atoms. The summed E-state index contributed by atoms with van der Waals surface area (Å²) in [5.41, 5.74) is 2.56. The number of fused-ring (bicyclic) bond motifs is 1. The van der Waals surface area contributed by atoms with Crippen molar-refractivity contribution in [2.45, 2.75) is 12.5 Å². The van der Waals surface area contributed by atoms with Crippen LogP contribution in [0.15, 0.2) is 48.8 Å². The SMILES string of the molecule is O=C(N[C@H]1COC[C@H]1Cc1ccncc1)c1cc2c(Cl)cccc2[nH]1. The highest BCUT2D eigenvalue weighted by Crippen LogP contribution is 2.24. The zero-order chi connectivity index (χ0) is 17.2. The van der Waals surface area contributed by atoms with Crippen molar-refractivity contribution in [2.24, 2.45) is 5.92 Å². The molecule has 2 N–H and O–H groups in total. The predicted molar refractivity (Wildman–Crippen MR) is 96.8 cm³/mol. The van der Waals surface area contributed by atoms with E-state index < -0.39 is 0 Å². The highest BCUT2D eigenvalue weighted by Gasteiger charge is 2.30. The number of nitrogens with zero attached hydrogens (tertiary/aromatic N) is 1. The van der Waals surface area contributed by atoms with Gasteiger partial charge in [0.25, 0.3) is 5.91 Å². The molecule has 1 saturated heterocycles. The van der Waals surface area contributed by atoms with Crippen molar-refractivity contribution in [3.8, 4) is 0 Å². The number of pyridine rings is 1. The Morgan fingerprint density at radius 1 is 1.28 bits per heavy atom. The van der Waals surface area contributed by atoms with Gasteiger partial charge in [-0.25, -0.2) is 0 Å². The van der Waals surface area contributed by atoms with E-state index in [4.69, 9.17) is 16.3 Å². The molecular formula is C19H18ClN3O2. The molecule has 6 heteroatoms. The molecule has 4 rings (SSSR count). The van der Waals surface area contributed by atoms with Crippen LogP contribution in [0, 0.1) is 5.92 Å². The average molecular weight is 356 g/mol. The highest BCUT2D eigenvalue weighted by atomic mass is 35.5. The Morgan fingerprint density at radius 2 is 2.12 bits per heavy atom. The largest absolute Gasteiger partial charge is 0.379 e. The molecule has 0 radical (unpaired) electrons. The molecule has 3 aromatic rings. The van der Waals surface area contributed by atoms with Crippen LogP contribution in [0.5, 0.6) is 0 Å². The van der Waals surface area contributed by atoms with E-state index in [1.807, 2.05) is 30.3 Å². The first-order chi connectivity index (χ1) is 12.2. The lowest BCUT2D eigenvalue weighted by atomic mass is 9.95. The van der Waals surface area contributed by atoms with E-state index in [1.54, 1.807) is 18.5 Å². The van der Waals surface area contributed by atoms with Crippen LogP contribution in [-0.4, -0.2) is 35.1 Å². The van der Waals surface area contributed by atoms with Gasteiger partial charge in [-0.1, -0.05) is 17.7 Å². The smallest absolute Gasteiger partial charge is 0.268 e. The molecule has 0 saturated carbocycles. The minimum Gasteiger partial charge on any atom is -0.379 e. The molecule has 0 unspecified atom stereocenters. The molecule has 1 aromatic carbocycles. The fraction of sp³-hybridized carbons (Fsp3) is 0.263. The second-order valence-electron chi connectivity index (χ2n) is 6.32. The minimum atomic E-state index is -0.137. The van der Waals surface area contributed by atoms with Gasteiger partial charge in [-0.05, 0) is 42.3 Å². The van der Waals surface area contributed by atoms with E-state index in [1.165, 1.54) is 5.56 Å². The Hall–Kier alpha value is -2.37. The number of ether oxygens (including phenoxy) is 1. The van der Waals surface area contributed by atoms with Gasteiger partial charge in [0.2, 0.25) is 0 Å². The normalized spacial score (nSPS) is 20.0. The first-order valence-electron chi connectivity index (χ1n) is 8.25. The molecule has 1 amide bonds. The fourth-order valence-corrected chi connectivity index (χ4v) is 3.50. The van der Waals surface area contributed by atoms with Gasteiger partial charge >= 0.3 is 0 Å². The first-order valence-corrected chi connectivity index (χ1v) is 8.63. The number of aromatic amines is 1. The summed E-state index contributed by atoms with van der Waals surface area (Å²) in [4.78, 5) is 19.8. The van der Waals surface area contributed by atoms with Gasteiger partial charge < -0.3 is 15.0 Å². The Labute approximate surface area is 150 Å². The number of amides is 1. The summed E-state index contributed by atoms with van der Waals surface area (Å²) in [7, 11) is 0. The lowest BCUT2D eigenvalue weighted by molar-refractivity contribution is 0.0921. The first kappa shape index (κ1) is 16.1. The van der Waals surface area contributed by atoms with Crippen LogP contribution in [0.25, 0.3) is 10.9 Å². The summed E-state index contributed by atoms with van der Waals surface area (Å²) in [5.74, 6) is 0.113. The van der Waals surface area contributed by atoms with Crippen LogP contribution in [0.1, 0.15) is 16.1 Å². The molecule has 128 valence electrons. The Balaban J connectivity index is 1.48. The Kier molecular flexibility index (Phi) is 4.42. The zero-order valence-corrected chi connectivity index (χ0v) is 14.3. The molecule has 1 aliphatic rings. The van der Waals surface area contributed by atoms with Crippen molar-refractivity contribution in [2.75, 3.05) is 13.2 Å². The topological polar surface area (TPSA) is 67.0 Å². The number of carbonyl (C=O) groups excluding carboxylic acids is 1. The lowest BCUT2D eigenvalue weighted by Gasteiger charge is -2.18. The summed E-state index contributed by atoms with van der Waals surface area (Å²) in [5, 5.41) is 4.58. The number of H-pyrrole nitrogens is 1. The van der Waals surface area contributed by atoms with Crippen LogP contribution < -0.4 is 5.32 Å². The predicted octanol–water partition coefficient (Wildman–Crippen LogP) is 3.20. The van der Waals surface area contributed by atoms with Gasteiger partial charge in [-0.15, -0.1) is 0 Å². The van der Waals surface area contributed by atoms with Gasteiger partial charge in [-0.2, -0.15) is 0 Å². The standard InChI is InChI=1S/C19H18ClN3O2/c20-15-2-1-3-16-14(15)9-17(22-16)19(24)23-18-11-25-10-13(18)8-12-4-6-21-7-5-12/h1-7,9,13,18,22H,8,10-11H2,(H,23,24)/t13-,18+/m1/s1. The third-order valence-electron chi connectivity index (χ3n) is 4.62. The summed E-state index contributed by atoms with van der Waals surface area (Å²) in [6.45, 7) is 1.17. The van der Waals surface area contributed by atoms with Crippen molar-refractivity contribution in [3.63, 3.8) is 0 Å². The van der Waals surface area contributed by atoms with E-state index in [0.29, 0.717) is 23.9 Å². The van der Waals surface area contributed by atoms with Crippen molar-refractivity contribution >= 4 is 28.4 Å². The number of benzene rings is 1.